The molecule has 0 amide bonds. The number of imidazole rings is 1. The van der Waals surface area contributed by atoms with E-state index < -0.39 is 19.4 Å². The minimum atomic E-state index is -1.09. The first-order valence-electron chi connectivity index (χ1n) is 10.3. The van der Waals surface area contributed by atoms with E-state index in [-0.39, 0.29) is 10.8 Å². The number of ether oxygens (including phenoxy) is 1. The molecule has 7 heteroatoms. The number of aromatic nitrogens is 2. The van der Waals surface area contributed by atoms with E-state index >= 15 is 0 Å². The minimum absolute atomic E-state index is 0.126. The number of hydrogen-bond acceptors (Lipinski definition) is 4. The van der Waals surface area contributed by atoms with E-state index in [1.54, 1.807) is 0 Å². The summed E-state index contributed by atoms with van der Waals surface area (Å²) >= 11 is -1.09. The molecule has 3 rings (SSSR count). The molecule has 1 aromatic carbocycles. The van der Waals surface area contributed by atoms with Gasteiger partial charge in [-0.05, 0) is 63.3 Å². The Morgan fingerprint density at radius 2 is 2.04 bits per heavy atom. The minimum Gasteiger partial charge on any atom is -0.598 e. The van der Waals surface area contributed by atoms with E-state index in [0.717, 1.165) is 23.7 Å². The summed E-state index contributed by atoms with van der Waals surface area (Å²) in [4.78, 5) is 4.52. The summed E-state index contributed by atoms with van der Waals surface area (Å²) in [7, 11) is -1.08. The topological polar surface area (TPSA) is 62.1 Å². The molecule has 1 unspecified atom stereocenters. The van der Waals surface area contributed by atoms with Crippen LogP contribution in [0.3, 0.4) is 0 Å². The highest BCUT2D eigenvalue weighted by atomic mass is 32.2. The van der Waals surface area contributed by atoms with Crippen molar-refractivity contribution in [3.8, 4) is 0 Å². The lowest BCUT2D eigenvalue weighted by Gasteiger charge is -2.28. The van der Waals surface area contributed by atoms with Crippen molar-refractivity contribution < 1.29 is 9.29 Å². The molecule has 0 aliphatic heterocycles. The Labute approximate surface area is 173 Å². The van der Waals surface area contributed by atoms with Gasteiger partial charge in [0.1, 0.15) is 11.5 Å². The first kappa shape index (κ1) is 21.8. The molecular weight excluding hydrogens is 386 g/mol. The van der Waals surface area contributed by atoms with Gasteiger partial charge in [0.05, 0.1) is 23.4 Å². The molecule has 0 bridgehead atoms. The lowest BCUT2D eigenvalue weighted by molar-refractivity contribution is 0.0898. The number of nitrogens with one attached hydrogen (secondary N) is 1. The molecule has 28 heavy (non-hydrogen) atoms. The first-order valence-corrected chi connectivity index (χ1v) is 15.1. The lowest BCUT2D eigenvalue weighted by Crippen LogP contribution is -2.41. The van der Waals surface area contributed by atoms with Crippen LogP contribution in [0.1, 0.15) is 45.2 Å². The predicted octanol–water partition coefficient (Wildman–Crippen LogP) is 4.85. The number of nitrogens with zero attached hydrogens (tertiary/aromatic N) is 2. The number of benzene rings is 1. The van der Waals surface area contributed by atoms with Gasteiger partial charge in [0.15, 0.2) is 0 Å². The molecule has 1 fully saturated rings. The molecule has 0 spiro atoms. The average Bonchev–Trinajstić information content (AvgIpc) is 3.35. The second-order valence-corrected chi connectivity index (χ2v) is 17.7. The van der Waals surface area contributed by atoms with Crippen LogP contribution in [0.4, 0.5) is 0 Å². The van der Waals surface area contributed by atoms with Crippen molar-refractivity contribution in [3.05, 3.63) is 30.1 Å². The van der Waals surface area contributed by atoms with Crippen molar-refractivity contribution in [2.45, 2.75) is 76.8 Å². The lowest BCUT2D eigenvalue weighted by atomic mass is 10.0. The average molecular weight is 422 g/mol. The maximum atomic E-state index is 12.7. The third-order valence-corrected chi connectivity index (χ3v) is 8.40. The molecule has 0 saturated heterocycles. The molecule has 1 N–H and O–H groups in total. The number of rotatable bonds is 9. The second kappa shape index (κ2) is 8.48. The SMILES string of the molecule is CC(C)(C)[S+]([O-])N[C@@H](c1ccc2ncn(COCC[Si](C)(C)C)c2c1)C1CC1. The van der Waals surface area contributed by atoms with Crippen LogP contribution in [0.25, 0.3) is 11.0 Å². The summed E-state index contributed by atoms with van der Waals surface area (Å²) in [5.74, 6) is 0.563. The van der Waals surface area contributed by atoms with Gasteiger partial charge in [0.2, 0.25) is 0 Å². The Morgan fingerprint density at radius 1 is 1.32 bits per heavy atom. The molecule has 1 heterocycles. The Kier molecular flexibility index (Phi) is 6.61. The van der Waals surface area contributed by atoms with Crippen molar-refractivity contribution in [2.24, 2.45) is 5.92 Å². The van der Waals surface area contributed by atoms with Crippen LogP contribution in [0, 0.1) is 5.92 Å². The fraction of sp³-hybridized carbons (Fsp3) is 0.667. The van der Waals surface area contributed by atoms with Crippen LogP contribution < -0.4 is 4.72 Å². The van der Waals surface area contributed by atoms with Gasteiger partial charge in [0.25, 0.3) is 0 Å². The van der Waals surface area contributed by atoms with Gasteiger partial charge in [-0.2, -0.15) is 0 Å². The molecule has 5 nitrogen and oxygen atoms in total. The zero-order valence-electron chi connectivity index (χ0n) is 18.1. The molecule has 1 saturated carbocycles. The van der Waals surface area contributed by atoms with Crippen molar-refractivity contribution in [3.63, 3.8) is 0 Å². The third-order valence-electron chi connectivity index (χ3n) is 5.11. The normalized spacial score (nSPS) is 17.8. The van der Waals surface area contributed by atoms with Crippen LogP contribution in [0.2, 0.25) is 25.7 Å². The van der Waals surface area contributed by atoms with Gasteiger partial charge >= 0.3 is 0 Å². The van der Waals surface area contributed by atoms with Crippen LogP contribution in [0.5, 0.6) is 0 Å². The fourth-order valence-electron chi connectivity index (χ4n) is 3.07. The highest BCUT2D eigenvalue weighted by molar-refractivity contribution is 7.90. The van der Waals surface area contributed by atoms with Gasteiger partial charge in [0, 0.05) is 26.0 Å². The maximum absolute atomic E-state index is 12.7. The number of hydrogen-bond donors (Lipinski definition) is 1. The second-order valence-electron chi connectivity index (χ2n) is 10.1. The molecule has 156 valence electrons. The Morgan fingerprint density at radius 3 is 2.64 bits per heavy atom. The van der Waals surface area contributed by atoms with E-state index in [2.05, 4.69) is 52.1 Å². The Hall–Kier alpha value is -0.863. The van der Waals surface area contributed by atoms with Crippen LogP contribution in [-0.2, 0) is 22.8 Å². The van der Waals surface area contributed by atoms with Gasteiger partial charge in [-0.1, -0.05) is 25.7 Å². The van der Waals surface area contributed by atoms with E-state index in [1.165, 1.54) is 18.4 Å². The first-order chi connectivity index (χ1) is 13.0. The van der Waals surface area contributed by atoms with Crippen LogP contribution in [-0.4, -0.2) is 33.5 Å². The van der Waals surface area contributed by atoms with Crippen molar-refractivity contribution in [1.29, 1.82) is 0 Å². The summed E-state index contributed by atoms with van der Waals surface area (Å²) < 4.78 is 23.8. The zero-order chi connectivity index (χ0) is 20.5. The standard InChI is InChI=1S/C21H35N3O2SSi/c1-21(2,3)27(25)23-20(16-7-8-16)17-9-10-18-19(13-17)24(14-22-18)15-26-11-12-28(4,5)6/h9-10,13-14,16,20,23H,7-8,11-12,15H2,1-6H3/t20-,27?/m1/s1. The Balaban J connectivity index is 1.74. The molecule has 2 atom stereocenters. The van der Waals surface area contributed by atoms with E-state index in [4.69, 9.17) is 4.74 Å². The van der Waals surface area contributed by atoms with Gasteiger partial charge in [-0.25, -0.2) is 4.98 Å². The Bertz CT molecular complexity index is 793. The van der Waals surface area contributed by atoms with Crippen molar-refractivity contribution in [1.82, 2.24) is 14.3 Å². The van der Waals surface area contributed by atoms with E-state index in [1.807, 2.05) is 27.1 Å². The molecule has 0 radical (unpaired) electrons. The molecule has 1 aliphatic rings. The molecule has 1 aliphatic carbocycles. The fourth-order valence-corrected chi connectivity index (χ4v) is 4.74. The smallest absolute Gasteiger partial charge is 0.136 e. The monoisotopic (exact) mass is 421 g/mol. The molecule has 1 aromatic heterocycles. The van der Waals surface area contributed by atoms with Gasteiger partial charge in [-0.3, -0.25) is 0 Å². The summed E-state index contributed by atoms with van der Waals surface area (Å²) in [6, 6.07) is 7.68. The highest BCUT2D eigenvalue weighted by Crippen LogP contribution is 2.42. The van der Waals surface area contributed by atoms with E-state index in [0.29, 0.717) is 12.6 Å². The summed E-state index contributed by atoms with van der Waals surface area (Å²) in [6.45, 7) is 14.4. The quantitative estimate of drug-likeness (QED) is 0.357. The van der Waals surface area contributed by atoms with Crippen molar-refractivity contribution >= 4 is 30.5 Å². The van der Waals surface area contributed by atoms with Crippen molar-refractivity contribution in [2.75, 3.05) is 6.61 Å². The molecule has 2 aromatic rings. The largest absolute Gasteiger partial charge is 0.598 e. The number of fused-ring (bicyclic) bond motifs is 1. The van der Waals surface area contributed by atoms with Crippen LogP contribution in [0.15, 0.2) is 24.5 Å². The maximum Gasteiger partial charge on any atom is 0.136 e. The van der Waals surface area contributed by atoms with Gasteiger partial charge in [-0.15, -0.1) is 4.72 Å². The molecular formula is C21H35N3O2SSi. The summed E-state index contributed by atoms with van der Waals surface area (Å²) in [5, 5.41) is 0. The highest BCUT2D eigenvalue weighted by Gasteiger charge is 2.38. The third kappa shape index (κ3) is 5.83. The van der Waals surface area contributed by atoms with E-state index in [9.17, 15) is 4.55 Å². The zero-order valence-corrected chi connectivity index (χ0v) is 19.9. The summed E-state index contributed by atoms with van der Waals surface area (Å²) in [6.07, 6.45) is 4.24. The van der Waals surface area contributed by atoms with Crippen LogP contribution >= 0.6 is 0 Å². The summed E-state index contributed by atoms with van der Waals surface area (Å²) in [5.41, 5.74) is 3.25. The predicted molar refractivity (Wildman–Crippen MR) is 120 cm³/mol. The van der Waals surface area contributed by atoms with Gasteiger partial charge < -0.3 is 13.9 Å².